The first-order chi connectivity index (χ1) is 1.41. The molecular weight excluding hydrogens is 146 g/mol. The Balaban J connectivity index is 0. The summed E-state index contributed by atoms with van der Waals surface area (Å²) in [4.78, 5) is 0. The minimum atomic E-state index is 0. The van der Waals surface area contributed by atoms with Gasteiger partial charge in [0, 0.05) is 20.4 Å². The number of aliphatic hydroxyl groups excluding tert-OH is 1. The molecular formula is C2H5OPd-. The van der Waals surface area contributed by atoms with E-state index in [1.165, 1.54) is 0 Å². The van der Waals surface area contributed by atoms with Crippen molar-refractivity contribution in [3.05, 3.63) is 6.92 Å². The minimum absolute atomic E-state index is 0. The molecule has 0 aromatic carbocycles. The minimum Gasteiger partial charge on any atom is -0.428 e. The van der Waals surface area contributed by atoms with Gasteiger partial charge < -0.3 is 12.0 Å². The predicted molar refractivity (Wildman–Crippen MR) is 12.4 cm³/mol. The molecule has 30 valence electrons. The third-order valence-electron chi connectivity index (χ3n) is 0. The molecule has 1 N–H and O–H groups in total. The summed E-state index contributed by atoms with van der Waals surface area (Å²) in [5.74, 6) is 0. The second kappa shape index (κ2) is 9.46. The summed E-state index contributed by atoms with van der Waals surface area (Å²) in [6.07, 6.45) is 0. The van der Waals surface area contributed by atoms with Crippen molar-refractivity contribution >= 4 is 0 Å². The SMILES string of the molecule is [CH2-]CO.[Pd]. The molecule has 0 unspecified atom stereocenters. The first-order valence-corrected chi connectivity index (χ1v) is 0.816. The standard InChI is InChI=1S/C2H5O.Pd/c1-2-3;/h3H,1-2H2;/q-1;. The van der Waals surface area contributed by atoms with Crippen LogP contribution in [0.3, 0.4) is 0 Å². The Kier molecular flexibility index (Phi) is 20.9. The van der Waals surface area contributed by atoms with Gasteiger partial charge in [0.1, 0.15) is 0 Å². The molecule has 0 saturated heterocycles. The van der Waals surface area contributed by atoms with Crippen molar-refractivity contribution in [2.75, 3.05) is 6.61 Å². The van der Waals surface area contributed by atoms with E-state index in [9.17, 15) is 0 Å². The van der Waals surface area contributed by atoms with Crippen LogP contribution in [0.4, 0.5) is 0 Å². The first-order valence-electron chi connectivity index (χ1n) is 0.816. The van der Waals surface area contributed by atoms with Crippen LogP contribution in [0.2, 0.25) is 0 Å². The smallest absolute Gasteiger partial charge is 0 e. The van der Waals surface area contributed by atoms with Crippen LogP contribution < -0.4 is 0 Å². The van der Waals surface area contributed by atoms with Gasteiger partial charge in [0.15, 0.2) is 0 Å². The van der Waals surface area contributed by atoms with Crippen LogP contribution in [0.1, 0.15) is 0 Å². The van der Waals surface area contributed by atoms with E-state index >= 15 is 0 Å². The Labute approximate surface area is 39.7 Å². The molecule has 0 radical (unpaired) electrons. The zero-order valence-corrected chi connectivity index (χ0v) is 3.73. The zero-order chi connectivity index (χ0) is 2.71. The van der Waals surface area contributed by atoms with Gasteiger partial charge in [-0.05, 0) is 0 Å². The van der Waals surface area contributed by atoms with Gasteiger partial charge in [-0.1, -0.05) is 6.61 Å². The third-order valence-corrected chi connectivity index (χ3v) is 0. The van der Waals surface area contributed by atoms with Gasteiger partial charge >= 0.3 is 0 Å². The summed E-state index contributed by atoms with van der Waals surface area (Å²) >= 11 is 0. The number of hydrogen-bond acceptors (Lipinski definition) is 1. The van der Waals surface area contributed by atoms with Crippen molar-refractivity contribution in [3.8, 4) is 0 Å². The van der Waals surface area contributed by atoms with Crippen molar-refractivity contribution in [2.24, 2.45) is 0 Å². The Morgan fingerprint density at radius 1 is 1.75 bits per heavy atom. The number of hydrogen-bond donors (Lipinski definition) is 1. The molecule has 0 aliphatic heterocycles. The molecule has 0 heterocycles. The largest absolute Gasteiger partial charge is 0.428 e. The monoisotopic (exact) mass is 151 g/mol. The van der Waals surface area contributed by atoms with E-state index < -0.39 is 0 Å². The molecule has 0 aromatic rings. The maximum Gasteiger partial charge on any atom is 0 e. The van der Waals surface area contributed by atoms with Gasteiger partial charge in [-0.2, -0.15) is 0 Å². The van der Waals surface area contributed by atoms with Crippen LogP contribution in [-0.4, -0.2) is 11.7 Å². The Morgan fingerprint density at radius 3 is 1.75 bits per heavy atom. The third kappa shape index (κ3) is 17.8. The summed E-state index contributed by atoms with van der Waals surface area (Å²) in [6.45, 7) is 3.04. The fourth-order valence-electron chi connectivity index (χ4n) is 0. The second-order valence-corrected chi connectivity index (χ2v) is 0.224. The molecule has 0 aromatic heterocycles. The van der Waals surface area contributed by atoms with Gasteiger partial charge in [-0.15, -0.1) is 0 Å². The summed E-state index contributed by atoms with van der Waals surface area (Å²) in [5.41, 5.74) is 0. The van der Waals surface area contributed by atoms with Crippen molar-refractivity contribution in [1.29, 1.82) is 0 Å². The molecule has 1 nitrogen and oxygen atoms in total. The van der Waals surface area contributed by atoms with Gasteiger partial charge in [0.05, 0.1) is 0 Å². The Morgan fingerprint density at radius 2 is 1.75 bits per heavy atom. The average Bonchev–Trinajstić information content (AvgIpc) is 0.918. The summed E-state index contributed by atoms with van der Waals surface area (Å²) in [5, 5.41) is 7.46. The molecule has 4 heavy (non-hydrogen) atoms. The molecule has 0 amide bonds. The van der Waals surface area contributed by atoms with Crippen LogP contribution in [0.25, 0.3) is 0 Å². The summed E-state index contributed by atoms with van der Waals surface area (Å²) in [7, 11) is 0. The van der Waals surface area contributed by atoms with Gasteiger partial charge in [-0.25, -0.2) is 0 Å². The Hall–Kier alpha value is 0.622. The van der Waals surface area contributed by atoms with Gasteiger partial charge in [0.25, 0.3) is 0 Å². The van der Waals surface area contributed by atoms with Crippen molar-refractivity contribution in [3.63, 3.8) is 0 Å². The van der Waals surface area contributed by atoms with Gasteiger partial charge in [0.2, 0.25) is 0 Å². The van der Waals surface area contributed by atoms with E-state index in [0.717, 1.165) is 0 Å². The molecule has 0 fully saturated rings. The zero-order valence-electron chi connectivity index (χ0n) is 2.18. The van der Waals surface area contributed by atoms with Crippen LogP contribution >= 0.6 is 0 Å². The maximum atomic E-state index is 7.46. The second-order valence-electron chi connectivity index (χ2n) is 0.224. The van der Waals surface area contributed by atoms with Crippen molar-refractivity contribution in [2.45, 2.75) is 0 Å². The molecule has 0 bridgehead atoms. The average molecular weight is 151 g/mol. The van der Waals surface area contributed by atoms with Crippen LogP contribution in [-0.2, 0) is 20.4 Å². The molecule has 0 rings (SSSR count). The predicted octanol–water partition coefficient (Wildman–Crippen LogP) is -0.190. The van der Waals surface area contributed by atoms with Crippen molar-refractivity contribution < 1.29 is 25.5 Å². The topological polar surface area (TPSA) is 20.2 Å². The summed E-state index contributed by atoms with van der Waals surface area (Å²) < 4.78 is 0. The van der Waals surface area contributed by atoms with Crippen LogP contribution in [0.5, 0.6) is 0 Å². The Bertz CT molecular complexity index is 6.00. The van der Waals surface area contributed by atoms with E-state index in [2.05, 4.69) is 6.92 Å². The fourth-order valence-corrected chi connectivity index (χ4v) is 0. The van der Waals surface area contributed by atoms with Crippen LogP contribution in [0.15, 0.2) is 0 Å². The quantitative estimate of drug-likeness (QED) is 0.376. The van der Waals surface area contributed by atoms with E-state index in [0.29, 0.717) is 0 Å². The van der Waals surface area contributed by atoms with Gasteiger partial charge in [-0.3, -0.25) is 0 Å². The normalized spacial score (nSPS) is 4.50. The van der Waals surface area contributed by atoms with E-state index in [4.69, 9.17) is 5.11 Å². The molecule has 2 heteroatoms. The maximum absolute atomic E-state index is 7.46. The molecule has 0 aliphatic carbocycles. The number of aliphatic hydroxyl groups is 1. The van der Waals surface area contributed by atoms with Crippen LogP contribution in [0, 0.1) is 6.92 Å². The van der Waals surface area contributed by atoms with E-state index in [-0.39, 0.29) is 27.0 Å². The fraction of sp³-hybridized carbons (Fsp3) is 0.500. The van der Waals surface area contributed by atoms with E-state index in [1.54, 1.807) is 0 Å². The van der Waals surface area contributed by atoms with E-state index in [1.807, 2.05) is 0 Å². The molecule has 0 spiro atoms. The van der Waals surface area contributed by atoms with Crippen molar-refractivity contribution in [1.82, 2.24) is 0 Å². The molecule has 0 atom stereocenters. The first kappa shape index (κ1) is 8.82. The summed E-state index contributed by atoms with van der Waals surface area (Å²) in [6, 6.07) is 0. The molecule has 0 saturated carbocycles. The molecule has 0 aliphatic rings. The number of rotatable bonds is 0.